The zero-order chi connectivity index (χ0) is 23.1. The first-order valence-corrected chi connectivity index (χ1v) is 11.3. The van der Waals surface area contributed by atoms with Crippen molar-refractivity contribution >= 4 is 23.9 Å². The molecule has 1 spiro atoms. The Morgan fingerprint density at radius 1 is 1.22 bits per heavy atom. The van der Waals surface area contributed by atoms with E-state index in [4.69, 9.17) is 24.0 Å². The second-order valence-electron chi connectivity index (χ2n) is 10.0. The van der Waals surface area contributed by atoms with Gasteiger partial charge < -0.3 is 19.3 Å². The summed E-state index contributed by atoms with van der Waals surface area (Å²) >= 11 is 0. The third-order valence-electron chi connectivity index (χ3n) is 8.94. The summed E-state index contributed by atoms with van der Waals surface area (Å²) in [5.41, 5.74) is -3.80. The lowest BCUT2D eigenvalue weighted by molar-refractivity contribution is -0.344. The molecule has 9 atom stereocenters. The molecule has 2 saturated carbocycles. The first kappa shape index (κ1) is 21.6. The van der Waals surface area contributed by atoms with Gasteiger partial charge in [-0.15, -0.1) is 0 Å². The molecule has 2 aliphatic carbocycles. The lowest BCUT2D eigenvalue weighted by Gasteiger charge is -2.49. The number of hydrogen-bond donors (Lipinski definition) is 1. The molecular weight excluding hydrogens is 424 g/mol. The number of esters is 2. The van der Waals surface area contributed by atoms with Crippen molar-refractivity contribution < 1.29 is 48.3 Å². The van der Waals surface area contributed by atoms with E-state index in [1.54, 1.807) is 6.92 Å². The smallest absolute Gasteiger partial charge is 0.371 e. The Morgan fingerprint density at radius 3 is 2.66 bits per heavy atom. The molecule has 0 aromatic rings. The highest BCUT2D eigenvalue weighted by Gasteiger charge is 2.91. The van der Waals surface area contributed by atoms with Gasteiger partial charge >= 0.3 is 23.9 Å². The zero-order valence-electron chi connectivity index (χ0n) is 18.3. The molecule has 0 bridgehead atoms. The predicted molar refractivity (Wildman–Crippen MR) is 102 cm³/mol. The molecule has 5 fully saturated rings. The fourth-order valence-electron chi connectivity index (χ4n) is 7.71. The molecule has 176 valence electrons. The Labute approximate surface area is 184 Å². The highest BCUT2D eigenvalue weighted by atomic mass is 17.2. The Kier molecular flexibility index (Phi) is 4.66. The van der Waals surface area contributed by atoms with Gasteiger partial charge in [0.1, 0.15) is 18.8 Å². The maximum atomic E-state index is 13.4. The normalized spacial score (nSPS) is 48.4. The van der Waals surface area contributed by atoms with Crippen LogP contribution in [-0.4, -0.2) is 59.5 Å². The minimum Gasteiger partial charge on any atom is -0.480 e. The number of hydrogen-bond acceptors (Lipinski definition) is 9. The van der Waals surface area contributed by atoms with E-state index in [2.05, 4.69) is 6.92 Å². The Bertz CT molecular complexity index is 886. The SMILES string of the molecule is CCCC[C@@H]1CC2OC(=O)[C@]34OOC(=O)[C@@H](OCC(=O)O)C1(C)C23CC1OC(=O)C(C)[C@H]14. The standard InChI is InChI=1S/C22H28O10/c1-4-5-6-11-7-13-21-8-12-15(10(2)17(25)29-12)22(21,19(27)30-13)32-31-18(26)16(20(11,21)3)28-9-14(23)24/h10-13,15-16H,4-9H2,1-3H3,(H,23,24)/t10?,11-,12?,13?,15-,16-,20?,21?,22+/m1/s1. The topological polar surface area (TPSA) is 135 Å². The van der Waals surface area contributed by atoms with Crippen LogP contribution in [0.3, 0.4) is 0 Å². The number of carbonyl (C=O) groups excluding carboxylic acids is 3. The molecule has 3 saturated heterocycles. The predicted octanol–water partition coefficient (Wildman–Crippen LogP) is 1.39. The molecular formula is C22H28O10. The Morgan fingerprint density at radius 2 is 1.97 bits per heavy atom. The van der Waals surface area contributed by atoms with Gasteiger partial charge in [0.05, 0.1) is 17.3 Å². The van der Waals surface area contributed by atoms with E-state index in [0.29, 0.717) is 6.42 Å². The van der Waals surface area contributed by atoms with E-state index in [9.17, 15) is 24.3 Å². The van der Waals surface area contributed by atoms with Gasteiger partial charge in [-0.3, -0.25) is 9.68 Å². The van der Waals surface area contributed by atoms with Crippen molar-refractivity contribution in [3.63, 3.8) is 0 Å². The van der Waals surface area contributed by atoms with Crippen LogP contribution in [0.5, 0.6) is 0 Å². The van der Waals surface area contributed by atoms with Crippen molar-refractivity contribution in [1.29, 1.82) is 0 Å². The van der Waals surface area contributed by atoms with Crippen molar-refractivity contribution in [3.8, 4) is 0 Å². The first-order chi connectivity index (χ1) is 15.1. The molecule has 10 nitrogen and oxygen atoms in total. The number of fused-ring (bicyclic) bond motifs is 1. The molecule has 10 heteroatoms. The summed E-state index contributed by atoms with van der Waals surface area (Å²) in [5.74, 6) is -4.62. The van der Waals surface area contributed by atoms with E-state index in [0.717, 1.165) is 19.3 Å². The lowest BCUT2D eigenvalue weighted by atomic mass is 9.53. The highest BCUT2D eigenvalue weighted by Crippen LogP contribution is 2.77. The fourth-order valence-corrected chi connectivity index (χ4v) is 7.71. The minimum atomic E-state index is -1.71. The Balaban J connectivity index is 1.70. The van der Waals surface area contributed by atoms with Crippen LogP contribution in [0.25, 0.3) is 0 Å². The van der Waals surface area contributed by atoms with E-state index < -0.39 is 77.1 Å². The molecule has 0 aromatic carbocycles. The van der Waals surface area contributed by atoms with E-state index in [1.807, 2.05) is 6.92 Å². The van der Waals surface area contributed by atoms with Crippen LogP contribution >= 0.6 is 0 Å². The molecule has 3 heterocycles. The third-order valence-corrected chi connectivity index (χ3v) is 8.94. The van der Waals surface area contributed by atoms with Crippen molar-refractivity contribution in [1.82, 2.24) is 0 Å². The summed E-state index contributed by atoms with van der Waals surface area (Å²) in [6.07, 6.45) is 0.858. The second kappa shape index (κ2) is 6.90. The van der Waals surface area contributed by atoms with Gasteiger partial charge in [0.2, 0.25) is 5.60 Å². The number of rotatable bonds is 6. The summed E-state index contributed by atoms with van der Waals surface area (Å²) in [6, 6.07) is 0. The van der Waals surface area contributed by atoms with E-state index >= 15 is 0 Å². The molecule has 0 aromatic heterocycles. The van der Waals surface area contributed by atoms with Gasteiger partial charge in [-0.05, 0) is 25.2 Å². The van der Waals surface area contributed by atoms with Crippen molar-refractivity contribution in [2.75, 3.05) is 6.61 Å². The number of carboxylic acid groups (broad SMARTS) is 1. The van der Waals surface area contributed by atoms with Crippen LogP contribution in [0.2, 0.25) is 0 Å². The number of carbonyl (C=O) groups is 4. The highest BCUT2D eigenvalue weighted by molar-refractivity contribution is 5.90. The lowest BCUT2D eigenvalue weighted by Crippen LogP contribution is -2.62. The van der Waals surface area contributed by atoms with Gasteiger partial charge in [-0.2, -0.15) is 4.89 Å². The Hall–Kier alpha value is -2.20. The van der Waals surface area contributed by atoms with Gasteiger partial charge in [0, 0.05) is 5.41 Å². The summed E-state index contributed by atoms with van der Waals surface area (Å²) in [5, 5.41) is 9.23. The van der Waals surface area contributed by atoms with E-state index in [-0.39, 0.29) is 12.3 Å². The minimum absolute atomic E-state index is 0.113. The van der Waals surface area contributed by atoms with Crippen LogP contribution in [0, 0.1) is 28.6 Å². The number of ether oxygens (including phenoxy) is 3. The molecule has 1 N–H and O–H groups in total. The van der Waals surface area contributed by atoms with Gasteiger partial charge in [0.15, 0.2) is 6.10 Å². The molecule has 3 aliphatic heterocycles. The molecule has 5 unspecified atom stereocenters. The van der Waals surface area contributed by atoms with Gasteiger partial charge in [-0.1, -0.05) is 33.6 Å². The summed E-state index contributed by atoms with van der Waals surface area (Å²) in [7, 11) is 0. The average Bonchev–Trinajstić information content (AvgIpc) is 3.32. The summed E-state index contributed by atoms with van der Waals surface area (Å²) in [4.78, 5) is 61.2. The van der Waals surface area contributed by atoms with Crippen LogP contribution in [-0.2, 0) is 43.2 Å². The molecule has 5 rings (SSSR count). The van der Waals surface area contributed by atoms with Gasteiger partial charge in [0.25, 0.3) is 0 Å². The van der Waals surface area contributed by atoms with Crippen LogP contribution in [0.1, 0.15) is 52.9 Å². The second-order valence-corrected chi connectivity index (χ2v) is 10.0. The van der Waals surface area contributed by atoms with Crippen molar-refractivity contribution in [3.05, 3.63) is 0 Å². The molecule has 5 aliphatic rings. The molecule has 32 heavy (non-hydrogen) atoms. The van der Waals surface area contributed by atoms with Crippen molar-refractivity contribution in [2.24, 2.45) is 28.6 Å². The number of carboxylic acids is 1. The summed E-state index contributed by atoms with van der Waals surface area (Å²) in [6.45, 7) is 4.90. The zero-order valence-corrected chi connectivity index (χ0v) is 18.3. The third kappa shape index (κ3) is 2.27. The quantitative estimate of drug-likeness (QED) is 0.465. The summed E-state index contributed by atoms with van der Waals surface area (Å²) < 4.78 is 17.2. The van der Waals surface area contributed by atoms with Crippen LogP contribution in [0.15, 0.2) is 0 Å². The first-order valence-electron chi connectivity index (χ1n) is 11.3. The van der Waals surface area contributed by atoms with Gasteiger partial charge in [-0.25, -0.2) is 14.4 Å². The van der Waals surface area contributed by atoms with Crippen LogP contribution < -0.4 is 0 Å². The maximum absolute atomic E-state index is 13.4. The molecule has 0 amide bonds. The van der Waals surface area contributed by atoms with Crippen molar-refractivity contribution in [2.45, 2.75) is 76.8 Å². The number of unbranched alkanes of at least 4 members (excludes halogenated alkanes) is 1. The monoisotopic (exact) mass is 452 g/mol. The number of aliphatic carboxylic acids is 1. The molecule has 0 radical (unpaired) electrons. The largest absolute Gasteiger partial charge is 0.480 e. The fraction of sp³-hybridized carbons (Fsp3) is 0.818. The van der Waals surface area contributed by atoms with E-state index in [1.165, 1.54) is 0 Å². The maximum Gasteiger partial charge on any atom is 0.371 e. The average molecular weight is 452 g/mol. The van der Waals surface area contributed by atoms with Crippen LogP contribution in [0.4, 0.5) is 0 Å².